The molecule has 2 aromatic rings. The second-order valence-electron chi connectivity index (χ2n) is 6.34. The average Bonchev–Trinajstić information content (AvgIpc) is 3.31. The zero-order chi connectivity index (χ0) is 19.2. The van der Waals surface area contributed by atoms with Crippen LogP contribution in [0, 0.1) is 5.92 Å². The standard InChI is InChI=1S/C20H21NO6/c1-25-20(24)17-8-7-16(27-17)13-26-19(23)15-11-18(22)21(12-15)10-9-14-5-3-2-4-6-14/h2-8,15H,9-13H2,1H3. The Bertz CT molecular complexity index is 813. The van der Waals surface area contributed by atoms with Gasteiger partial charge >= 0.3 is 11.9 Å². The van der Waals surface area contributed by atoms with Crippen LogP contribution in [0.25, 0.3) is 0 Å². The maximum absolute atomic E-state index is 12.2. The molecule has 7 nitrogen and oxygen atoms in total. The van der Waals surface area contributed by atoms with Gasteiger partial charge in [-0.3, -0.25) is 9.59 Å². The maximum Gasteiger partial charge on any atom is 0.373 e. The molecule has 0 N–H and O–H groups in total. The minimum atomic E-state index is -0.594. The van der Waals surface area contributed by atoms with E-state index in [0.29, 0.717) is 18.8 Å². The van der Waals surface area contributed by atoms with Gasteiger partial charge in [-0.2, -0.15) is 0 Å². The van der Waals surface area contributed by atoms with Crippen LogP contribution >= 0.6 is 0 Å². The van der Waals surface area contributed by atoms with Gasteiger partial charge in [-0.1, -0.05) is 30.3 Å². The summed E-state index contributed by atoms with van der Waals surface area (Å²) in [6.45, 7) is 0.841. The Morgan fingerprint density at radius 3 is 2.70 bits per heavy atom. The van der Waals surface area contributed by atoms with Crippen LogP contribution < -0.4 is 0 Å². The lowest BCUT2D eigenvalue weighted by molar-refractivity contribution is -0.150. The van der Waals surface area contributed by atoms with Crippen LogP contribution in [0.2, 0.25) is 0 Å². The molecule has 1 saturated heterocycles. The number of carbonyl (C=O) groups excluding carboxylic acids is 3. The molecule has 1 fully saturated rings. The monoisotopic (exact) mass is 371 g/mol. The number of esters is 2. The predicted octanol–water partition coefficient (Wildman–Crippen LogP) is 2.20. The highest BCUT2D eigenvalue weighted by Crippen LogP contribution is 2.20. The van der Waals surface area contributed by atoms with Crippen molar-refractivity contribution in [3.63, 3.8) is 0 Å². The van der Waals surface area contributed by atoms with Crippen LogP contribution in [0.5, 0.6) is 0 Å². The van der Waals surface area contributed by atoms with Crippen molar-refractivity contribution in [1.29, 1.82) is 0 Å². The minimum absolute atomic E-state index is 0.0427. The predicted molar refractivity (Wildman–Crippen MR) is 94.7 cm³/mol. The molecule has 1 atom stereocenters. The van der Waals surface area contributed by atoms with Crippen molar-refractivity contribution in [2.75, 3.05) is 20.2 Å². The largest absolute Gasteiger partial charge is 0.463 e. The molecule has 0 spiro atoms. The Hall–Kier alpha value is -3.09. The second kappa shape index (κ2) is 8.53. The molecule has 0 radical (unpaired) electrons. The van der Waals surface area contributed by atoms with Crippen molar-refractivity contribution in [2.24, 2.45) is 5.92 Å². The molecule has 1 aliphatic heterocycles. The van der Waals surface area contributed by atoms with Crippen LogP contribution in [0.4, 0.5) is 0 Å². The number of methoxy groups -OCH3 is 1. The normalized spacial score (nSPS) is 16.4. The van der Waals surface area contributed by atoms with E-state index in [9.17, 15) is 14.4 Å². The van der Waals surface area contributed by atoms with Gasteiger partial charge in [0, 0.05) is 19.5 Å². The molecule has 0 saturated carbocycles. The third-order valence-corrected chi connectivity index (χ3v) is 4.47. The number of nitrogens with zero attached hydrogens (tertiary/aromatic N) is 1. The smallest absolute Gasteiger partial charge is 0.373 e. The van der Waals surface area contributed by atoms with Gasteiger partial charge in [-0.25, -0.2) is 4.79 Å². The lowest BCUT2D eigenvalue weighted by Gasteiger charge is -2.16. The third kappa shape index (κ3) is 4.75. The number of furan rings is 1. The van der Waals surface area contributed by atoms with Crippen molar-refractivity contribution in [3.8, 4) is 0 Å². The summed E-state index contributed by atoms with van der Waals surface area (Å²) in [5.74, 6) is -1.17. The van der Waals surface area contributed by atoms with Gasteiger partial charge in [0.05, 0.1) is 13.0 Å². The van der Waals surface area contributed by atoms with Gasteiger partial charge in [0.2, 0.25) is 11.7 Å². The third-order valence-electron chi connectivity index (χ3n) is 4.47. The first-order valence-electron chi connectivity index (χ1n) is 8.72. The first-order chi connectivity index (χ1) is 13.1. The molecule has 0 aliphatic carbocycles. The summed E-state index contributed by atoms with van der Waals surface area (Å²) in [6.07, 6.45) is 0.899. The summed E-state index contributed by atoms with van der Waals surface area (Å²) in [7, 11) is 1.26. The maximum atomic E-state index is 12.2. The topological polar surface area (TPSA) is 86.0 Å². The summed E-state index contributed by atoms with van der Waals surface area (Å²) in [4.78, 5) is 37.4. The van der Waals surface area contributed by atoms with Gasteiger partial charge in [-0.05, 0) is 24.1 Å². The summed E-state index contributed by atoms with van der Waals surface area (Å²) >= 11 is 0. The van der Waals surface area contributed by atoms with E-state index in [1.165, 1.54) is 13.2 Å². The van der Waals surface area contributed by atoms with Gasteiger partial charge in [0.15, 0.2) is 0 Å². The van der Waals surface area contributed by atoms with Crippen molar-refractivity contribution >= 4 is 17.8 Å². The highest BCUT2D eigenvalue weighted by molar-refractivity contribution is 5.87. The SMILES string of the molecule is COC(=O)c1ccc(COC(=O)C2CC(=O)N(CCc3ccccc3)C2)o1. The summed E-state index contributed by atoms with van der Waals surface area (Å²) in [5, 5.41) is 0. The fraction of sp³-hybridized carbons (Fsp3) is 0.350. The molecular formula is C20H21NO6. The highest BCUT2D eigenvalue weighted by Gasteiger charge is 2.35. The minimum Gasteiger partial charge on any atom is -0.463 e. The molecule has 1 amide bonds. The Kier molecular flexibility index (Phi) is 5.90. The Morgan fingerprint density at radius 2 is 1.96 bits per heavy atom. The lowest BCUT2D eigenvalue weighted by Crippen LogP contribution is -2.28. The van der Waals surface area contributed by atoms with E-state index >= 15 is 0 Å². The van der Waals surface area contributed by atoms with E-state index in [0.717, 1.165) is 12.0 Å². The first kappa shape index (κ1) is 18.7. The zero-order valence-electron chi connectivity index (χ0n) is 15.1. The van der Waals surface area contributed by atoms with Gasteiger partial charge in [-0.15, -0.1) is 0 Å². The lowest BCUT2D eigenvalue weighted by atomic mass is 10.1. The molecular weight excluding hydrogens is 350 g/mol. The van der Waals surface area contributed by atoms with Crippen LogP contribution in [-0.4, -0.2) is 42.9 Å². The van der Waals surface area contributed by atoms with Crippen molar-refractivity contribution in [1.82, 2.24) is 4.90 Å². The number of likely N-dealkylation sites (tertiary alicyclic amines) is 1. The molecule has 142 valence electrons. The number of hydrogen-bond donors (Lipinski definition) is 0. The Balaban J connectivity index is 1.47. The van der Waals surface area contributed by atoms with Crippen LogP contribution in [0.1, 0.15) is 28.3 Å². The molecule has 1 unspecified atom stereocenters. The van der Waals surface area contributed by atoms with E-state index in [1.807, 2.05) is 30.3 Å². The Labute approximate surface area is 156 Å². The highest BCUT2D eigenvalue weighted by atomic mass is 16.6. The fourth-order valence-electron chi connectivity index (χ4n) is 2.98. The molecule has 1 aliphatic rings. The molecule has 7 heteroatoms. The van der Waals surface area contributed by atoms with Crippen LogP contribution in [-0.2, 0) is 32.1 Å². The van der Waals surface area contributed by atoms with Crippen LogP contribution in [0.15, 0.2) is 46.9 Å². The van der Waals surface area contributed by atoms with Crippen LogP contribution in [0.3, 0.4) is 0 Å². The molecule has 2 heterocycles. The molecule has 1 aromatic carbocycles. The number of ether oxygens (including phenoxy) is 2. The fourth-order valence-corrected chi connectivity index (χ4v) is 2.98. The zero-order valence-corrected chi connectivity index (χ0v) is 15.1. The molecule has 3 rings (SSSR count). The summed E-state index contributed by atoms with van der Waals surface area (Å²) in [6, 6.07) is 12.9. The van der Waals surface area contributed by atoms with Crippen molar-refractivity contribution in [2.45, 2.75) is 19.4 Å². The van der Waals surface area contributed by atoms with Gasteiger partial charge < -0.3 is 18.8 Å². The first-order valence-corrected chi connectivity index (χ1v) is 8.72. The molecule has 1 aromatic heterocycles. The number of rotatable bonds is 7. The number of hydrogen-bond acceptors (Lipinski definition) is 6. The van der Waals surface area contributed by atoms with E-state index in [4.69, 9.17) is 9.15 Å². The summed E-state index contributed by atoms with van der Waals surface area (Å²) < 4.78 is 15.0. The number of carbonyl (C=O) groups is 3. The van der Waals surface area contributed by atoms with Gasteiger partial charge in [0.1, 0.15) is 12.4 Å². The quantitative estimate of drug-likeness (QED) is 0.694. The number of benzene rings is 1. The molecule has 0 bridgehead atoms. The average molecular weight is 371 g/mol. The van der Waals surface area contributed by atoms with E-state index < -0.39 is 17.9 Å². The molecule has 27 heavy (non-hydrogen) atoms. The number of amides is 1. The second-order valence-corrected chi connectivity index (χ2v) is 6.34. The summed E-state index contributed by atoms with van der Waals surface area (Å²) in [5.41, 5.74) is 1.15. The van der Waals surface area contributed by atoms with E-state index in [-0.39, 0.29) is 24.7 Å². The Morgan fingerprint density at radius 1 is 1.19 bits per heavy atom. The van der Waals surface area contributed by atoms with Crippen molar-refractivity contribution in [3.05, 3.63) is 59.5 Å². The van der Waals surface area contributed by atoms with E-state index in [1.54, 1.807) is 11.0 Å². The van der Waals surface area contributed by atoms with Crippen molar-refractivity contribution < 1.29 is 28.3 Å². The van der Waals surface area contributed by atoms with Gasteiger partial charge in [0.25, 0.3) is 0 Å². The van der Waals surface area contributed by atoms with E-state index in [2.05, 4.69) is 4.74 Å².